The number of rotatable bonds is 5. The van der Waals surface area contributed by atoms with Gasteiger partial charge in [0.1, 0.15) is 22.3 Å². The van der Waals surface area contributed by atoms with Crippen molar-refractivity contribution in [2.45, 2.75) is 0 Å². The van der Waals surface area contributed by atoms with Gasteiger partial charge in [0.15, 0.2) is 0 Å². The summed E-state index contributed by atoms with van der Waals surface area (Å²) < 4.78 is 77.9. The summed E-state index contributed by atoms with van der Waals surface area (Å²) in [4.78, 5) is 0. The van der Waals surface area contributed by atoms with Crippen LogP contribution in [0.25, 0.3) is 175 Å². The lowest BCUT2D eigenvalue weighted by Gasteiger charge is -2.17. The lowest BCUT2D eigenvalue weighted by molar-refractivity contribution is 0.669. The maximum Gasteiger partial charge on any atom is 0.143 e. The Morgan fingerprint density at radius 1 is 0.243 bits per heavy atom. The van der Waals surface area contributed by atoms with E-state index >= 15 is 0 Å². The zero-order chi connectivity index (χ0) is 54.3. The molecule has 0 N–H and O–H groups in total. The summed E-state index contributed by atoms with van der Waals surface area (Å²) in [6.45, 7) is 0. The second-order valence-electron chi connectivity index (χ2n) is 19.7. The van der Waals surface area contributed by atoms with Crippen LogP contribution < -0.4 is 0 Å². The van der Waals surface area contributed by atoms with Crippen LogP contribution in [-0.2, 0) is 0 Å². The zero-order valence-corrected chi connectivity index (χ0v) is 39.4. The van der Waals surface area contributed by atoms with E-state index in [0.29, 0.717) is 5.56 Å². The summed E-state index contributed by atoms with van der Waals surface area (Å²) in [5.74, 6) is 0. The maximum atomic E-state index is 9.69. The molecule has 0 amide bonds. The molecule has 0 spiro atoms. The van der Waals surface area contributed by atoms with Gasteiger partial charge >= 0.3 is 0 Å². The fourth-order valence-corrected chi connectivity index (χ4v) is 12.5. The highest BCUT2D eigenvalue weighted by Gasteiger charge is 2.23. The average molecular weight is 944 g/mol. The van der Waals surface area contributed by atoms with Gasteiger partial charge in [-0.15, -0.1) is 0 Å². The molecule has 0 saturated carbocycles. The molecule has 2 nitrogen and oxygen atoms in total. The van der Waals surface area contributed by atoms with E-state index in [2.05, 4.69) is 152 Å². The number of hydrogen-bond acceptors (Lipinski definition) is 2. The molecule has 0 aliphatic rings. The van der Waals surface area contributed by atoms with Crippen molar-refractivity contribution in [1.29, 1.82) is 0 Å². The van der Waals surface area contributed by atoms with E-state index in [4.69, 9.17) is 14.3 Å². The molecule has 74 heavy (non-hydrogen) atoms. The summed E-state index contributed by atoms with van der Waals surface area (Å²) in [5.41, 5.74) is 10.5. The third-order valence-electron chi connectivity index (χ3n) is 15.8. The Kier molecular flexibility index (Phi) is 6.80. The Hall–Kier alpha value is -9.76. The number of furan rings is 2. The average Bonchev–Trinajstić information content (AvgIpc) is 4.21. The van der Waals surface area contributed by atoms with Crippen LogP contribution >= 0.6 is 0 Å². The molecule has 17 rings (SSSR count). The Morgan fingerprint density at radius 3 is 1.22 bits per heavy atom. The number of fused-ring (bicyclic) bond motifs is 7. The van der Waals surface area contributed by atoms with Crippen molar-refractivity contribution in [3.8, 4) is 55.6 Å². The molecule has 15 aromatic carbocycles. The summed E-state index contributed by atoms with van der Waals surface area (Å²) in [6.07, 6.45) is 0. The Balaban J connectivity index is 0.994. The molecule has 0 radical (unpaired) electrons. The first-order valence-corrected chi connectivity index (χ1v) is 25.0. The molecule has 0 aliphatic heterocycles. The van der Waals surface area contributed by atoms with E-state index in [1.807, 2.05) is 48.5 Å². The topological polar surface area (TPSA) is 26.3 Å². The Bertz CT molecular complexity index is 5310. The minimum Gasteiger partial charge on any atom is -0.455 e. The van der Waals surface area contributed by atoms with Crippen LogP contribution in [0.3, 0.4) is 0 Å². The minimum absolute atomic E-state index is 0.0197. The van der Waals surface area contributed by atoms with Gasteiger partial charge in [-0.2, -0.15) is 0 Å². The van der Waals surface area contributed by atoms with Crippen molar-refractivity contribution in [3.05, 3.63) is 242 Å². The molecule has 17 aromatic rings. The molecule has 0 atom stereocenters. The highest BCUT2D eigenvalue weighted by Crippen LogP contribution is 2.48. The second-order valence-corrected chi connectivity index (χ2v) is 19.7. The van der Waals surface area contributed by atoms with Crippen molar-refractivity contribution in [3.63, 3.8) is 0 Å². The minimum atomic E-state index is -0.501. The molecule has 2 aromatic heterocycles. The maximum absolute atomic E-state index is 9.69. The summed E-state index contributed by atoms with van der Waals surface area (Å²) >= 11 is 0. The molecular formula is C72H40O2. The third-order valence-corrected chi connectivity index (χ3v) is 15.8. The summed E-state index contributed by atoms with van der Waals surface area (Å²) in [6, 6.07) is 67.1. The van der Waals surface area contributed by atoms with Gasteiger partial charge in [-0.3, -0.25) is 0 Å². The lowest BCUT2D eigenvalue weighted by atomic mass is 9.86. The highest BCUT2D eigenvalue weighted by molar-refractivity contribution is 6.28. The van der Waals surface area contributed by atoms with Gasteiger partial charge in [-0.1, -0.05) is 188 Å². The van der Waals surface area contributed by atoms with Crippen molar-refractivity contribution in [2.75, 3.05) is 0 Å². The lowest BCUT2D eigenvalue weighted by Crippen LogP contribution is -1.91. The SMILES string of the molecule is [2H]c1c([2H])c([2H])c2c(-c3cc(-c4cc(-c5ccc6ccc7cccc8ccc5c6c78)c5oc6ccccc6c5c4)cc(-c4cc(-c5ccc6ccc7cccc8ccc5c6c78)c5oc6ccccc6c5c4)c3)c([2H])c([2H])c([2H])c2c1[2H]. The number of hydrogen-bond donors (Lipinski definition) is 0. The molecule has 0 fully saturated rings. The first-order chi connectivity index (χ1) is 39.6. The predicted octanol–water partition coefficient (Wildman–Crippen LogP) is 20.8. The van der Waals surface area contributed by atoms with Crippen LogP contribution in [0, 0.1) is 0 Å². The first-order valence-electron chi connectivity index (χ1n) is 28.5. The number of para-hydroxylation sites is 2. The number of benzene rings is 15. The molecule has 0 aliphatic carbocycles. The van der Waals surface area contributed by atoms with E-state index < -0.39 is 30.2 Å². The molecular weight excluding hydrogens is 897 g/mol. The van der Waals surface area contributed by atoms with Gasteiger partial charge in [0.05, 0.1) is 9.60 Å². The van der Waals surface area contributed by atoms with Crippen LogP contribution in [0.4, 0.5) is 0 Å². The van der Waals surface area contributed by atoms with Crippen LogP contribution in [0.15, 0.2) is 251 Å². The van der Waals surface area contributed by atoms with Gasteiger partial charge in [-0.25, -0.2) is 0 Å². The smallest absolute Gasteiger partial charge is 0.143 e. The molecule has 0 unspecified atom stereocenters. The van der Waals surface area contributed by atoms with Gasteiger partial charge in [0, 0.05) is 32.7 Å². The predicted molar refractivity (Wildman–Crippen MR) is 313 cm³/mol. The largest absolute Gasteiger partial charge is 0.455 e. The van der Waals surface area contributed by atoms with Crippen LogP contribution in [0.5, 0.6) is 0 Å². The van der Waals surface area contributed by atoms with Crippen molar-refractivity contribution < 1.29 is 18.4 Å². The van der Waals surface area contributed by atoms with E-state index in [1.54, 1.807) is 0 Å². The Morgan fingerprint density at radius 2 is 0.676 bits per heavy atom. The third kappa shape index (κ3) is 5.65. The first kappa shape index (κ1) is 33.8. The van der Waals surface area contributed by atoms with Gasteiger partial charge in [-0.05, 0) is 175 Å². The molecule has 340 valence electrons. The highest BCUT2D eigenvalue weighted by atomic mass is 16.3. The normalized spacial score (nSPS) is 13.6. The van der Waals surface area contributed by atoms with Crippen LogP contribution in [0.2, 0.25) is 0 Å². The van der Waals surface area contributed by atoms with E-state index in [1.165, 1.54) is 43.1 Å². The fraction of sp³-hybridized carbons (Fsp3) is 0. The fourth-order valence-electron chi connectivity index (χ4n) is 12.5. The van der Waals surface area contributed by atoms with Crippen molar-refractivity contribution in [2.24, 2.45) is 0 Å². The van der Waals surface area contributed by atoms with Gasteiger partial charge in [0.25, 0.3) is 0 Å². The van der Waals surface area contributed by atoms with Crippen LogP contribution in [0.1, 0.15) is 9.60 Å². The van der Waals surface area contributed by atoms with E-state index in [-0.39, 0.29) is 28.4 Å². The standard InChI is InChI=1S/C72H40O2/c1-2-16-53-41(10-1)11-9-19-54(53)52-35-48(50-37-61(71-63(39-50)57-17-3-5-20-65(57)73-71)55-30-26-46-24-22-42-12-7-14-44-28-32-59(55)69(46)67(42)44)34-49(36-52)51-38-62(72-64(40-51)58-18-4-6-21-66(58)74-72)56-31-27-47-25-23-43-13-8-15-45-29-33-60(56)70(47)68(43)45/h1-40H/i1D,2D,9D,10D,11D,16D,19D. The zero-order valence-electron chi connectivity index (χ0n) is 46.4. The van der Waals surface area contributed by atoms with Crippen LogP contribution in [-0.4, -0.2) is 0 Å². The molecule has 2 heteroatoms. The van der Waals surface area contributed by atoms with Gasteiger partial charge < -0.3 is 8.83 Å². The van der Waals surface area contributed by atoms with Crippen molar-refractivity contribution in [1.82, 2.24) is 0 Å². The van der Waals surface area contributed by atoms with Crippen molar-refractivity contribution >= 4 is 119 Å². The van der Waals surface area contributed by atoms with E-state index in [0.717, 1.165) is 110 Å². The molecule has 2 heterocycles. The molecule has 0 saturated heterocycles. The second kappa shape index (κ2) is 14.9. The Labute approximate surface area is 434 Å². The monoisotopic (exact) mass is 943 g/mol. The molecule has 0 bridgehead atoms. The summed E-state index contributed by atoms with van der Waals surface area (Å²) in [5, 5.41) is 17.5. The van der Waals surface area contributed by atoms with E-state index in [9.17, 15) is 4.11 Å². The van der Waals surface area contributed by atoms with Gasteiger partial charge in [0.2, 0.25) is 0 Å². The quantitative estimate of drug-likeness (QED) is 0.161. The summed E-state index contributed by atoms with van der Waals surface area (Å²) in [7, 11) is 0.